The molecule has 8 atom stereocenters. The molecule has 1 aromatic rings. The summed E-state index contributed by atoms with van der Waals surface area (Å²) >= 11 is 0. The van der Waals surface area contributed by atoms with Gasteiger partial charge in [0.1, 0.15) is 11.9 Å². The molecule has 0 radical (unpaired) electrons. The summed E-state index contributed by atoms with van der Waals surface area (Å²) in [4.78, 5) is 23.4. The molecule has 5 nitrogen and oxygen atoms in total. The largest absolute Gasteiger partial charge is 0.444 e. The minimum Gasteiger partial charge on any atom is -0.444 e. The van der Waals surface area contributed by atoms with Crippen molar-refractivity contribution in [2.75, 3.05) is 13.1 Å². The minimum atomic E-state index is -0.457. The van der Waals surface area contributed by atoms with Crippen molar-refractivity contribution in [3.8, 4) is 0 Å². The molecule has 248 valence electrons. The van der Waals surface area contributed by atoms with Gasteiger partial charge in [0.15, 0.2) is 0 Å². The molecular weight excluding hydrogens is 556 g/mol. The van der Waals surface area contributed by atoms with Crippen molar-refractivity contribution in [2.24, 2.45) is 45.8 Å². The normalized spacial score (nSPS) is 38.6. The zero-order valence-corrected chi connectivity index (χ0v) is 29.3. The Labute approximate surface area is 273 Å². The zero-order chi connectivity index (χ0) is 32.3. The monoisotopic (exact) mass is 616 g/mol. The first-order valence-electron chi connectivity index (χ1n) is 18.2. The van der Waals surface area contributed by atoms with E-state index in [0.29, 0.717) is 28.8 Å². The van der Waals surface area contributed by atoms with Gasteiger partial charge >= 0.3 is 6.09 Å². The highest BCUT2D eigenvalue weighted by atomic mass is 16.6. The number of amides is 1. The number of fused-ring (bicyclic) bond motifs is 7. The maximum Gasteiger partial charge on any atom is 0.407 e. The zero-order valence-electron chi connectivity index (χ0n) is 29.3. The smallest absolute Gasteiger partial charge is 0.407 e. The van der Waals surface area contributed by atoms with E-state index in [1.54, 1.807) is 0 Å². The molecule has 1 aromatic carbocycles. The van der Waals surface area contributed by atoms with Crippen molar-refractivity contribution in [3.05, 3.63) is 41.5 Å². The first-order chi connectivity index (χ1) is 21.2. The number of alkyl carbamates (subject to hydrolysis) is 1. The summed E-state index contributed by atoms with van der Waals surface area (Å²) in [6.07, 6.45) is 17.5. The van der Waals surface area contributed by atoms with Crippen LogP contribution in [-0.4, -0.2) is 36.6 Å². The fraction of sp³-hybridized carbons (Fsp3) is 0.750. The van der Waals surface area contributed by atoms with Crippen LogP contribution in [0.25, 0.3) is 5.57 Å². The lowest BCUT2D eigenvalue weighted by Gasteiger charge is -2.68. The predicted octanol–water partition coefficient (Wildman–Crippen LogP) is 9.21. The van der Waals surface area contributed by atoms with Crippen LogP contribution in [0.4, 0.5) is 4.79 Å². The third kappa shape index (κ3) is 5.72. The van der Waals surface area contributed by atoms with Gasteiger partial charge in [-0.2, -0.15) is 0 Å². The first-order valence-corrected chi connectivity index (χ1v) is 18.2. The number of hydrogen-bond acceptors (Lipinski definition) is 4. The Morgan fingerprint density at radius 3 is 2.36 bits per heavy atom. The molecule has 0 saturated heterocycles. The van der Waals surface area contributed by atoms with Crippen LogP contribution >= 0.6 is 0 Å². The molecule has 5 heteroatoms. The summed E-state index contributed by atoms with van der Waals surface area (Å²) in [6.45, 7) is 17.7. The predicted molar refractivity (Wildman–Crippen MR) is 183 cm³/mol. The molecule has 1 amide bonds. The molecule has 4 fully saturated rings. The van der Waals surface area contributed by atoms with Gasteiger partial charge in [-0.15, -0.1) is 0 Å². The van der Waals surface area contributed by atoms with Gasteiger partial charge in [-0.05, 0) is 148 Å². The fourth-order valence-electron chi connectivity index (χ4n) is 12.3. The van der Waals surface area contributed by atoms with Crippen LogP contribution in [0.1, 0.15) is 135 Å². The van der Waals surface area contributed by atoms with E-state index in [-0.39, 0.29) is 11.5 Å². The number of rotatable bonds is 7. The maximum absolute atomic E-state index is 12.1. The maximum atomic E-state index is 12.1. The van der Waals surface area contributed by atoms with Crippen molar-refractivity contribution < 1.29 is 14.3 Å². The molecule has 4 saturated carbocycles. The summed E-state index contributed by atoms with van der Waals surface area (Å²) in [5.41, 5.74) is 4.24. The molecule has 6 rings (SSSR count). The topological polar surface area (TPSA) is 67.4 Å². The van der Waals surface area contributed by atoms with E-state index in [4.69, 9.17) is 4.74 Å². The number of allylic oxidation sites excluding steroid dienone is 2. The molecule has 7 unspecified atom stereocenters. The van der Waals surface area contributed by atoms with E-state index >= 15 is 0 Å². The van der Waals surface area contributed by atoms with E-state index in [2.05, 4.69) is 56.5 Å². The molecule has 0 aliphatic heterocycles. The SMILES string of the molecule is CC(C)(C)OC(=O)NCCCNC12CCCC1C1CCC3C4(C)CC=C(c5ccc(C=O)cc5)C(C)(C)C4CC[C@@]3(C)C1CC2. The van der Waals surface area contributed by atoms with Crippen LogP contribution in [0.15, 0.2) is 30.3 Å². The van der Waals surface area contributed by atoms with Gasteiger partial charge in [0.2, 0.25) is 0 Å². The first kappa shape index (κ1) is 32.8. The highest BCUT2D eigenvalue weighted by molar-refractivity contribution is 5.78. The summed E-state index contributed by atoms with van der Waals surface area (Å²) in [7, 11) is 0. The summed E-state index contributed by atoms with van der Waals surface area (Å²) in [5, 5.41) is 7.05. The number of nitrogens with one attached hydrogen (secondary N) is 2. The highest BCUT2D eigenvalue weighted by Crippen LogP contribution is 2.72. The standard InChI is InChI=1S/C40H60N2O3/c1-36(2,3)45-35(44)41-24-9-25-42-40-20-8-10-32(40)29-15-16-34-38(6,31(29)18-23-40)22-19-33-37(4,5)30(17-21-39(33,34)7)28-13-11-27(26-43)12-14-28/h11-14,17,26,29,31-34,42H,8-10,15-16,18-25H2,1-7H3,(H,41,44)/t29?,31?,32?,33?,34?,38-,39?,40?/m0/s1. The molecule has 0 spiro atoms. The third-order valence-electron chi connectivity index (χ3n) is 13.9. The van der Waals surface area contributed by atoms with Crippen molar-refractivity contribution >= 4 is 18.0 Å². The lowest BCUT2D eigenvalue weighted by atomic mass is 9.37. The Kier molecular flexibility index (Phi) is 8.62. The van der Waals surface area contributed by atoms with Gasteiger partial charge in [0.25, 0.3) is 0 Å². The molecule has 0 bridgehead atoms. The lowest BCUT2D eigenvalue weighted by molar-refractivity contribution is -0.172. The average molecular weight is 617 g/mol. The van der Waals surface area contributed by atoms with Crippen LogP contribution in [0, 0.1) is 45.8 Å². The number of ether oxygens (including phenoxy) is 1. The van der Waals surface area contributed by atoms with Crippen molar-refractivity contribution in [1.29, 1.82) is 0 Å². The fourth-order valence-corrected chi connectivity index (χ4v) is 12.3. The summed E-state index contributed by atoms with van der Waals surface area (Å²) < 4.78 is 5.41. The van der Waals surface area contributed by atoms with Gasteiger partial charge < -0.3 is 15.4 Å². The van der Waals surface area contributed by atoms with Crippen LogP contribution in [0.2, 0.25) is 0 Å². The summed E-state index contributed by atoms with van der Waals surface area (Å²) in [5.74, 6) is 3.93. The van der Waals surface area contributed by atoms with Crippen molar-refractivity contribution in [2.45, 2.75) is 130 Å². The van der Waals surface area contributed by atoms with Gasteiger partial charge in [-0.25, -0.2) is 4.79 Å². The second kappa shape index (κ2) is 11.8. The summed E-state index contributed by atoms with van der Waals surface area (Å²) in [6, 6.07) is 8.29. The van der Waals surface area contributed by atoms with E-state index in [1.807, 2.05) is 32.9 Å². The Morgan fingerprint density at radius 1 is 0.889 bits per heavy atom. The number of carbonyl (C=O) groups excluding carboxylic acids is 2. The minimum absolute atomic E-state index is 0.114. The molecule has 5 aliphatic carbocycles. The Balaban J connectivity index is 1.14. The average Bonchev–Trinajstić information content (AvgIpc) is 3.40. The number of hydrogen-bond donors (Lipinski definition) is 2. The van der Waals surface area contributed by atoms with Crippen LogP contribution in [0.5, 0.6) is 0 Å². The highest BCUT2D eigenvalue weighted by Gasteiger charge is 2.65. The van der Waals surface area contributed by atoms with E-state index < -0.39 is 5.60 Å². The van der Waals surface area contributed by atoms with E-state index in [1.165, 1.54) is 75.3 Å². The van der Waals surface area contributed by atoms with Crippen molar-refractivity contribution in [1.82, 2.24) is 10.6 Å². The van der Waals surface area contributed by atoms with E-state index in [0.717, 1.165) is 48.5 Å². The van der Waals surface area contributed by atoms with Crippen LogP contribution < -0.4 is 10.6 Å². The van der Waals surface area contributed by atoms with Crippen molar-refractivity contribution in [3.63, 3.8) is 0 Å². The molecular formula is C40H60N2O3. The molecule has 0 heterocycles. The van der Waals surface area contributed by atoms with Gasteiger partial charge in [0, 0.05) is 17.6 Å². The molecule has 45 heavy (non-hydrogen) atoms. The second-order valence-electron chi connectivity index (χ2n) is 17.7. The Hall–Kier alpha value is -2.14. The molecule has 5 aliphatic rings. The second-order valence-corrected chi connectivity index (χ2v) is 17.7. The van der Waals surface area contributed by atoms with E-state index in [9.17, 15) is 9.59 Å². The van der Waals surface area contributed by atoms with Gasteiger partial charge in [-0.1, -0.05) is 64.5 Å². The van der Waals surface area contributed by atoms with Crippen LogP contribution in [0.3, 0.4) is 0 Å². The third-order valence-corrected chi connectivity index (χ3v) is 13.9. The number of benzene rings is 1. The Morgan fingerprint density at radius 2 is 1.64 bits per heavy atom. The number of aldehydes is 1. The Bertz CT molecular complexity index is 1290. The molecule has 0 aromatic heterocycles. The molecule has 2 N–H and O–H groups in total. The lowest BCUT2D eigenvalue weighted by Crippen LogP contribution is -2.63. The van der Waals surface area contributed by atoms with Gasteiger partial charge in [-0.3, -0.25) is 4.79 Å². The number of carbonyl (C=O) groups is 2. The van der Waals surface area contributed by atoms with Crippen LogP contribution in [-0.2, 0) is 4.74 Å². The van der Waals surface area contributed by atoms with Gasteiger partial charge in [0.05, 0.1) is 0 Å². The quantitative estimate of drug-likeness (QED) is 0.237.